The Morgan fingerprint density at radius 2 is 1.58 bits per heavy atom. The van der Waals surface area contributed by atoms with Crippen molar-refractivity contribution < 1.29 is 14.3 Å². The molecule has 4 N–H and O–H groups in total. The fourth-order valence-corrected chi connectivity index (χ4v) is 2.85. The van der Waals surface area contributed by atoms with Gasteiger partial charge in [-0.3, -0.25) is 4.79 Å². The highest BCUT2D eigenvalue weighted by molar-refractivity contribution is 7.09. The smallest absolute Gasteiger partial charge is 0.316 e. The minimum atomic E-state index is -0.636. The van der Waals surface area contributed by atoms with Crippen LogP contribution in [-0.4, -0.2) is 11.9 Å². The quantitative estimate of drug-likeness (QED) is 0.613. The van der Waals surface area contributed by atoms with Crippen molar-refractivity contribution in [3.63, 3.8) is 0 Å². The first-order valence-corrected chi connectivity index (χ1v) is 8.71. The van der Waals surface area contributed by atoms with Crippen molar-refractivity contribution in [1.29, 1.82) is 0 Å². The molecule has 0 saturated carbocycles. The molecule has 132 valence electrons. The van der Waals surface area contributed by atoms with Gasteiger partial charge in [0.25, 0.3) is 5.91 Å². The lowest BCUT2D eigenvalue weighted by atomic mass is 10.2. The number of carbonyl (C=O) groups is 2. The Kier molecular flexibility index (Phi) is 5.50. The van der Waals surface area contributed by atoms with Crippen molar-refractivity contribution in [3.8, 4) is 5.75 Å². The molecule has 0 radical (unpaired) electrons. The SMILES string of the molecule is NC(=O)Nc1ccc(NC(=O)c2ccc(OCc3cccs3)cc2)cc1. The van der Waals surface area contributed by atoms with E-state index in [1.165, 1.54) is 0 Å². The first kappa shape index (κ1) is 17.5. The Balaban J connectivity index is 1.56. The minimum absolute atomic E-state index is 0.231. The third kappa shape index (κ3) is 4.84. The Morgan fingerprint density at radius 3 is 2.15 bits per heavy atom. The lowest BCUT2D eigenvalue weighted by Crippen LogP contribution is -2.19. The van der Waals surface area contributed by atoms with Crippen LogP contribution in [0.1, 0.15) is 15.2 Å². The highest BCUT2D eigenvalue weighted by Crippen LogP contribution is 2.18. The van der Waals surface area contributed by atoms with Crippen LogP contribution in [0.4, 0.5) is 16.2 Å². The molecular weight excluding hydrogens is 350 g/mol. The van der Waals surface area contributed by atoms with Crippen LogP contribution >= 0.6 is 11.3 Å². The minimum Gasteiger partial charge on any atom is -0.488 e. The summed E-state index contributed by atoms with van der Waals surface area (Å²) in [6.07, 6.45) is 0. The first-order valence-electron chi connectivity index (χ1n) is 7.83. The highest BCUT2D eigenvalue weighted by Gasteiger charge is 2.07. The molecule has 3 aromatic rings. The van der Waals surface area contributed by atoms with Crippen LogP contribution < -0.4 is 21.1 Å². The van der Waals surface area contributed by atoms with Gasteiger partial charge < -0.3 is 21.1 Å². The fourth-order valence-electron chi connectivity index (χ4n) is 2.23. The highest BCUT2D eigenvalue weighted by atomic mass is 32.1. The van der Waals surface area contributed by atoms with Crippen LogP contribution in [0.3, 0.4) is 0 Å². The van der Waals surface area contributed by atoms with Gasteiger partial charge in [0.2, 0.25) is 0 Å². The van der Waals surface area contributed by atoms with Crippen molar-refractivity contribution in [2.45, 2.75) is 6.61 Å². The van der Waals surface area contributed by atoms with E-state index >= 15 is 0 Å². The molecule has 0 atom stereocenters. The van der Waals surface area contributed by atoms with Crippen molar-refractivity contribution in [3.05, 3.63) is 76.5 Å². The zero-order valence-corrected chi connectivity index (χ0v) is 14.6. The third-order valence-corrected chi connectivity index (χ3v) is 4.34. The monoisotopic (exact) mass is 367 g/mol. The number of thiophene rings is 1. The van der Waals surface area contributed by atoms with Crippen molar-refractivity contribution in [1.82, 2.24) is 0 Å². The number of amides is 3. The molecule has 0 bridgehead atoms. The van der Waals surface area contributed by atoms with Crippen LogP contribution in [0.5, 0.6) is 5.75 Å². The standard InChI is InChI=1S/C19H17N3O3S/c20-19(24)22-15-7-5-14(6-8-15)21-18(23)13-3-9-16(10-4-13)25-12-17-2-1-11-26-17/h1-11H,12H2,(H,21,23)(H3,20,22,24). The van der Waals surface area contributed by atoms with Gasteiger partial charge in [-0.2, -0.15) is 0 Å². The second-order valence-electron chi connectivity index (χ2n) is 5.41. The normalized spacial score (nSPS) is 10.2. The van der Waals surface area contributed by atoms with Gasteiger partial charge in [0.05, 0.1) is 0 Å². The number of hydrogen-bond acceptors (Lipinski definition) is 4. The van der Waals surface area contributed by atoms with E-state index < -0.39 is 6.03 Å². The number of anilines is 2. The Hall–Kier alpha value is -3.32. The largest absolute Gasteiger partial charge is 0.488 e. The summed E-state index contributed by atoms with van der Waals surface area (Å²) in [6, 6.07) is 17.0. The summed E-state index contributed by atoms with van der Waals surface area (Å²) >= 11 is 1.64. The molecule has 0 saturated heterocycles. The van der Waals surface area contributed by atoms with Crippen LogP contribution in [-0.2, 0) is 6.61 Å². The van der Waals surface area contributed by atoms with E-state index in [1.54, 1.807) is 59.9 Å². The maximum atomic E-state index is 12.3. The lowest BCUT2D eigenvalue weighted by molar-refractivity contribution is 0.102. The van der Waals surface area contributed by atoms with Gasteiger partial charge >= 0.3 is 6.03 Å². The van der Waals surface area contributed by atoms with E-state index in [2.05, 4.69) is 10.6 Å². The average Bonchev–Trinajstić information content (AvgIpc) is 3.15. The summed E-state index contributed by atoms with van der Waals surface area (Å²) in [5.41, 5.74) is 6.74. The van der Waals surface area contributed by atoms with Crippen LogP contribution in [0.25, 0.3) is 0 Å². The summed E-state index contributed by atoms with van der Waals surface area (Å²) < 4.78 is 5.68. The second-order valence-corrected chi connectivity index (χ2v) is 6.45. The van der Waals surface area contributed by atoms with E-state index in [-0.39, 0.29) is 5.91 Å². The van der Waals surface area contributed by atoms with Gasteiger partial charge in [0, 0.05) is 21.8 Å². The molecule has 3 amide bonds. The van der Waals surface area contributed by atoms with E-state index in [9.17, 15) is 9.59 Å². The van der Waals surface area contributed by atoms with Gasteiger partial charge in [-0.25, -0.2) is 4.79 Å². The number of benzene rings is 2. The zero-order valence-electron chi connectivity index (χ0n) is 13.8. The van der Waals surface area contributed by atoms with Crippen LogP contribution in [0, 0.1) is 0 Å². The summed E-state index contributed by atoms with van der Waals surface area (Å²) in [4.78, 5) is 24.2. The number of hydrogen-bond donors (Lipinski definition) is 3. The topological polar surface area (TPSA) is 93.5 Å². The Labute approximate surface area is 154 Å². The number of primary amides is 1. The van der Waals surface area contributed by atoms with Crippen LogP contribution in [0.15, 0.2) is 66.0 Å². The third-order valence-electron chi connectivity index (χ3n) is 3.49. The van der Waals surface area contributed by atoms with Crippen molar-refractivity contribution in [2.75, 3.05) is 10.6 Å². The average molecular weight is 367 g/mol. The molecular formula is C19H17N3O3S. The maximum absolute atomic E-state index is 12.3. The van der Waals surface area contributed by atoms with Crippen molar-refractivity contribution >= 4 is 34.6 Å². The predicted molar refractivity (Wildman–Crippen MR) is 103 cm³/mol. The molecule has 0 unspecified atom stereocenters. The number of ether oxygens (including phenoxy) is 1. The molecule has 26 heavy (non-hydrogen) atoms. The fraction of sp³-hybridized carbons (Fsp3) is 0.0526. The first-order chi connectivity index (χ1) is 12.6. The summed E-state index contributed by atoms with van der Waals surface area (Å²) in [5.74, 6) is 0.474. The number of nitrogens with two attached hydrogens (primary N) is 1. The molecule has 1 heterocycles. The van der Waals surface area contributed by atoms with Gasteiger partial charge in [-0.1, -0.05) is 6.07 Å². The van der Waals surface area contributed by atoms with E-state index in [0.717, 1.165) is 4.88 Å². The molecule has 0 aliphatic carbocycles. The molecule has 6 nitrogen and oxygen atoms in total. The maximum Gasteiger partial charge on any atom is 0.316 e. The molecule has 0 aliphatic heterocycles. The number of rotatable bonds is 6. The number of urea groups is 1. The number of carbonyl (C=O) groups excluding carboxylic acids is 2. The van der Waals surface area contributed by atoms with E-state index in [0.29, 0.717) is 29.3 Å². The summed E-state index contributed by atoms with van der Waals surface area (Å²) in [5, 5.41) is 7.25. The van der Waals surface area contributed by atoms with Gasteiger partial charge in [0.15, 0.2) is 0 Å². The summed E-state index contributed by atoms with van der Waals surface area (Å²) in [6.45, 7) is 0.509. The molecule has 3 rings (SSSR count). The second kappa shape index (κ2) is 8.17. The lowest BCUT2D eigenvalue weighted by Gasteiger charge is -2.08. The van der Waals surface area contributed by atoms with E-state index in [1.807, 2.05) is 17.5 Å². The number of nitrogens with one attached hydrogen (secondary N) is 2. The molecule has 0 spiro atoms. The zero-order chi connectivity index (χ0) is 18.4. The molecule has 0 fully saturated rings. The summed E-state index contributed by atoms with van der Waals surface area (Å²) in [7, 11) is 0. The predicted octanol–water partition coefficient (Wildman–Crippen LogP) is 4.07. The molecule has 7 heteroatoms. The van der Waals surface area contributed by atoms with Gasteiger partial charge in [-0.15, -0.1) is 11.3 Å². The Bertz CT molecular complexity index is 875. The van der Waals surface area contributed by atoms with Gasteiger partial charge in [0.1, 0.15) is 12.4 Å². The molecule has 2 aromatic carbocycles. The van der Waals surface area contributed by atoms with Gasteiger partial charge in [-0.05, 0) is 60.0 Å². The van der Waals surface area contributed by atoms with Crippen molar-refractivity contribution in [2.24, 2.45) is 5.73 Å². The molecule has 0 aliphatic rings. The Morgan fingerprint density at radius 1 is 0.923 bits per heavy atom. The molecule has 1 aromatic heterocycles. The van der Waals surface area contributed by atoms with Crippen LogP contribution in [0.2, 0.25) is 0 Å². The van der Waals surface area contributed by atoms with E-state index in [4.69, 9.17) is 10.5 Å².